The van der Waals surface area contributed by atoms with Crippen LogP contribution in [0.3, 0.4) is 0 Å². The number of hydrogen-bond acceptors (Lipinski definition) is 7. The molecular formula is C11H15N3O5. The fourth-order valence-corrected chi connectivity index (χ4v) is 1.23. The number of hydrazine groups is 1. The van der Waals surface area contributed by atoms with E-state index in [-0.39, 0.29) is 10.6 Å². The Morgan fingerprint density at radius 3 is 2.37 bits per heavy atom. The van der Waals surface area contributed by atoms with Gasteiger partial charge in [0.25, 0.3) is 11.8 Å². The lowest BCUT2D eigenvalue weighted by atomic mass is 10.0. The Morgan fingerprint density at radius 1 is 1.32 bits per heavy atom. The van der Waals surface area contributed by atoms with Crippen LogP contribution in [0.25, 0.3) is 0 Å². The Hall–Kier alpha value is -2.16. The Balaban J connectivity index is 3.00. The number of carbonyl (C=O) groups is 2. The summed E-state index contributed by atoms with van der Waals surface area (Å²) in [4.78, 5) is 23.6. The number of rotatable bonds is 3. The third-order valence-corrected chi connectivity index (χ3v) is 2.48. The normalized spacial score (nSPS) is 13.7. The summed E-state index contributed by atoms with van der Waals surface area (Å²) in [6.45, 7) is 0.532. The monoisotopic (exact) mass is 269 g/mol. The molecule has 0 fully saturated rings. The lowest BCUT2D eigenvalue weighted by molar-refractivity contribution is -0.135. The summed E-state index contributed by atoms with van der Waals surface area (Å²) in [5, 5.41) is 27.6. The summed E-state index contributed by atoms with van der Waals surface area (Å²) in [5.41, 5.74) is 3.67. The van der Waals surface area contributed by atoms with Gasteiger partial charge in [-0.15, -0.1) is 0 Å². The van der Waals surface area contributed by atoms with E-state index >= 15 is 0 Å². The molecule has 2 amide bonds. The van der Waals surface area contributed by atoms with E-state index < -0.39 is 35.5 Å². The number of nitrogens with two attached hydrogens (primary N) is 2. The van der Waals surface area contributed by atoms with Gasteiger partial charge in [0.15, 0.2) is 11.5 Å². The number of carbonyl (C=O) groups excluding carboxylic acids is 2. The van der Waals surface area contributed by atoms with Gasteiger partial charge in [-0.25, -0.2) is 10.9 Å². The number of amides is 2. The number of aromatic hydroxyl groups is 2. The fourth-order valence-electron chi connectivity index (χ4n) is 1.23. The van der Waals surface area contributed by atoms with E-state index in [2.05, 4.69) is 0 Å². The first-order valence-corrected chi connectivity index (χ1v) is 5.26. The molecule has 0 heterocycles. The van der Waals surface area contributed by atoms with E-state index in [4.69, 9.17) is 21.8 Å². The van der Waals surface area contributed by atoms with Crippen LogP contribution in [0.1, 0.15) is 17.3 Å². The van der Waals surface area contributed by atoms with Gasteiger partial charge in [-0.1, -0.05) is 0 Å². The maximum atomic E-state index is 11.9. The lowest BCUT2D eigenvalue weighted by Crippen LogP contribution is -2.59. The van der Waals surface area contributed by atoms with Gasteiger partial charge in [-0.2, -0.15) is 0 Å². The maximum absolute atomic E-state index is 11.9. The number of phenolic OH excluding ortho intramolecular Hbond substituents is 2. The van der Waals surface area contributed by atoms with E-state index in [1.807, 2.05) is 0 Å². The molecule has 8 heteroatoms. The minimum Gasteiger partial charge on any atom is -0.504 e. The highest BCUT2D eigenvalue weighted by atomic mass is 16.3. The van der Waals surface area contributed by atoms with Crippen molar-refractivity contribution in [1.82, 2.24) is 5.01 Å². The van der Waals surface area contributed by atoms with Crippen LogP contribution in [0.5, 0.6) is 11.5 Å². The number of aliphatic hydroxyl groups is 1. The van der Waals surface area contributed by atoms with Crippen molar-refractivity contribution < 1.29 is 24.9 Å². The molecule has 0 bridgehead atoms. The Kier molecular flexibility index (Phi) is 4.10. The molecule has 0 spiro atoms. The van der Waals surface area contributed by atoms with Crippen LogP contribution < -0.4 is 11.6 Å². The average Bonchev–Trinajstić information content (AvgIpc) is 2.39. The summed E-state index contributed by atoms with van der Waals surface area (Å²) in [6, 6.07) is 3.21. The van der Waals surface area contributed by atoms with Crippen molar-refractivity contribution in [2.75, 3.05) is 6.61 Å². The molecule has 1 unspecified atom stereocenters. The zero-order chi connectivity index (χ0) is 14.8. The van der Waals surface area contributed by atoms with Gasteiger partial charge in [0.2, 0.25) is 0 Å². The molecule has 0 saturated heterocycles. The van der Waals surface area contributed by atoms with E-state index in [1.165, 1.54) is 13.0 Å². The molecule has 7 N–H and O–H groups in total. The number of nitrogens with zero attached hydrogens (tertiary/aromatic N) is 1. The van der Waals surface area contributed by atoms with Gasteiger partial charge in [-0.05, 0) is 25.1 Å². The molecule has 0 saturated carbocycles. The predicted molar refractivity (Wildman–Crippen MR) is 64.8 cm³/mol. The van der Waals surface area contributed by atoms with E-state index in [0.29, 0.717) is 0 Å². The van der Waals surface area contributed by atoms with Crippen molar-refractivity contribution in [3.8, 4) is 11.5 Å². The van der Waals surface area contributed by atoms with Crippen molar-refractivity contribution in [2.45, 2.75) is 12.5 Å². The van der Waals surface area contributed by atoms with Gasteiger partial charge in [0, 0.05) is 5.56 Å². The molecule has 1 aromatic rings. The van der Waals surface area contributed by atoms with Crippen molar-refractivity contribution in [1.29, 1.82) is 0 Å². The summed E-state index contributed by atoms with van der Waals surface area (Å²) in [6.07, 6.45) is 0. The highest BCUT2D eigenvalue weighted by Crippen LogP contribution is 2.25. The van der Waals surface area contributed by atoms with Crippen LogP contribution in [0.2, 0.25) is 0 Å². The van der Waals surface area contributed by atoms with Gasteiger partial charge < -0.3 is 21.1 Å². The molecule has 0 aliphatic rings. The van der Waals surface area contributed by atoms with Crippen molar-refractivity contribution in [2.24, 2.45) is 11.6 Å². The number of aliphatic hydroxyl groups excluding tert-OH is 1. The third kappa shape index (κ3) is 2.99. The largest absolute Gasteiger partial charge is 0.504 e. The molecule has 0 aliphatic heterocycles. The van der Waals surface area contributed by atoms with Gasteiger partial charge >= 0.3 is 0 Å². The van der Waals surface area contributed by atoms with Crippen LogP contribution in [-0.4, -0.2) is 44.3 Å². The minimum atomic E-state index is -1.69. The van der Waals surface area contributed by atoms with E-state index in [1.54, 1.807) is 0 Å². The first kappa shape index (κ1) is 14.9. The highest BCUT2D eigenvalue weighted by molar-refractivity contribution is 6.06. The standard InChI is InChI=1S/C11H15N3O5/c1-11(12,5-15)10(19)14(13)9(18)6-2-3-7(16)8(17)4-6/h2-4,15-17H,5,12-13H2,1H3. The molecule has 8 nitrogen and oxygen atoms in total. The molecule has 1 atom stereocenters. The Morgan fingerprint density at radius 2 is 1.89 bits per heavy atom. The van der Waals surface area contributed by atoms with Crippen molar-refractivity contribution in [3.05, 3.63) is 23.8 Å². The van der Waals surface area contributed by atoms with Crippen LogP contribution in [0.4, 0.5) is 0 Å². The fraction of sp³-hybridized carbons (Fsp3) is 0.273. The zero-order valence-electron chi connectivity index (χ0n) is 10.2. The summed E-state index contributed by atoms with van der Waals surface area (Å²) >= 11 is 0. The number of phenols is 2. The molecule has 19 heavy (non-hydrogen) atoms. The topological polar surface area (TPSA) is 150 Å². The quantitative estimate of drug-likeness (QED) is 0.197. The summed E-state index contributed by atoms with van der Waals surface area (Å²) in [5.74, 6) is 2.50. The molecule has 0 aromatic heterocycles. The van der Waals surface area contributed by atoms with Crippen molar-refractivity contribution >= 4 is 11.8 Å². The SMILES string of the molecule is CC(N)(CO)C(=O)N(N)C(=O)c1ccc(O)c(O)c1. The summed E-state index contributed by atoms with van der Waals surface area (Å²) in [7, 11) is 0. The number of hydrogen-bond donors (Lipinski definition) is 5. The second kappa shape index (κ2) is 5.22. The third-order valence-electron chi connectivity index (χ3n) is 2.48. The van der Waals surface area contributed by atoms with Crippen LogP contribution in [0.15, 0.2) is 18.2 Å². The maximum Gasteiger partial charge on any atom is 0.275 e. The van der Waals surface area contributed by atoms with E-state index in [9.17, 15) is 14.7 Å². The Bertz CT molecular complexity index is 515. The van der Waals surface area contributed by atoms with Gasteiger partial charge in [-0.3, -0.25) is 9.59 Å². The van der Waals surface area contributed by atoms with Crippen LogP contribution in [0, 0.1) is 0 Å². The van der Waals surface area contributed by atoms with Crippen LogP contribution >= 0.6 is 0 Å². The zero-order valence-corrected chi connectivity index (χ0v) is 10.2. The molecule has 1 aromatic carbocycles. The minimum absolute atomic E-state index is 0.111. The first-order chi connectivity index (χ1) is 8.70. The highest BCUT2D eigenvalue weighted by Gasteiger charge is 2.34. The molecule has 104 valence electrons. The van der Waals surface area contributed by atoms with Crippen LogP contribution in [-0.2, 0) is 4.79 Å². The lowest BCUT2D eigenvalue weighted by Gasteiger charge is -2.25. The van der Waals surface area contributed by atoms with Crippen molar-refractivity contribution in [3.63, 3.8) is 0 Å². The molecule has 1 rings (SSSR count). The second-order valence-corrected chi connectivity index (χ2v) is 4.26. The molecule has 0 aliphatic carbocycles. The van der Waals surface area contributed by atoms with Gasteiger partial charge in [0.05, 0.1) is 6.61 Å². The predicted octanol–water partition coefficient (Wildman–Crippen LogP) is -1.35. The summed E-state index contributed by atoms with van der Waals surface area (Å²) < 4.78 is 0. The molecular weight excluding hydrogens is 254 g/mol. The molecule has 0 radical (unpaired) electrons. The first-order valence-electron chi connectivity index (χ1n) is 5.26. The number of benzene rings is 1. The average molecular weight is 269 g/mol. The van der Waals surface area contributed by atoms with Gasteiger partial charge in [0.1, 0.15) is 5.54 Å². The second-order valence-electron chi connectivity index (χ2n) is 4.26. The van der Waals surface area contributed by atoms with E-state index in [0.717, 1.165) is 12.1 Å². The smallest absolute Gasteiger partial charge is 0.275 e. The Labute approximate surface area is 108 Å². The number of imide groups is 1.